The summed E-state index contributed by atoms with van der Waals surface area (Å²) in [4.78, 5) is 26.8. The Morgan fingerprint density at radius 2 is 1.90 bits per heavy atom. The van der Waals surface area contributed by atoms with E-state index in [-0.39, 0.29) is 30.9 Å². The van der Waals surface area contributed by atoms with E-state index in [0.717, 1.165) is 24.1 Å². The van der Waals surface area contributed by atoms with E-state index in [1.165, 1.54) is 0 Å². The van der Waals surface area contributed by atoms with Gasteiger partial charge in [-0.25, -0.2) is 0 Å². The number of para-hydroxylation sites is 2. The topological polar surface area (TPSA) is 67.9 Å². The van der Waals surface area contributed by atoms with Crippen LogP contribution in [0.25, 0.3) is 0 Å². The summed E-state index contributed by atoms with van der Waals surface area (Å²) in [7, 11) is 1.56. The van der Waals surface area contributed by atoms with Crippen LogP contribution in [0.2, 0.25) is 5.02 Å². The summed E-state index contributed by atoms with van der Waals surface area (Å²) in [6.07, 6.45) is 2.13. The Morgan fingerprint density at radius 3 is 2.55 bits per heavy atom. The van der Waals surface area contributed by atoms with Crippen molar-refractivity contribution in [2.24, 2.45) is 0 Å². The lowest BCUT2D eigenvalue weighted by molar-refractivity contribution is -0.134. The maximum absolute atomic E-state index is 12.7. The van der Waals surface area contributed by atoms with Crippen LogP contribution in [0.1, 0.15) is 24.8 Å². The largest absolute Gasteiger partial charge is 0.493 e. The number of nitrogens with one attached hydrogen (secondary N) is 1. The number of carbonyl (C=O) groups is 2. The van der Waals surface area contributed by atoms with Gasteiger partial charge in [-0.2, -0.15) is 0 Å². The fourth-order valence-electron chi connectivity index (χ4n) is 3.06. The maximum Gasteiger partial charge on any atom is 0.260 e. The van der Waals surface area contributed by atoms with Gasteiger partial charge in [0.05, 0.1) is 7.11 Å². The van der Waals surface area contributed by atoms with Crippen LogP contribution in [0.5, 0.6) is 11.5 Å². The van der Waals surface area contributed by atoms with Crippen LogP contribution in [0.15, 0.2) is 42.5 Å². The molecule has 1 aliphatic carbocycles. The predicted molar refractivity (Wildman–Crippen MR) is 113 cm³/mol. The second-order valence-electron chi connectivity index (χ2n) is 7.02. The number of benzene rings is 2. The van der Waals surface area contributed by atoms with Crippen LogP contribution >= 0.6 is 11.6 Å². The van der Waals surface area contributed by atoms with Crippen LogP contribution in [0.4, 0.5) is 5.69 Å². The number of rotatable bonds is 9. The molecule has 0 atom stereocenters. The molecule has 0 heterocycles. The molecule has 0 aromatic heterocycles. The SMILES string of the molecule is COc1ccccc1OCC(=O)N(CCC(=O)Nc1ccc(Cl)cc1C)C1CC1. The Kier molecular flexibility index (Phi) is 6.99. The summed E-state index contributed by atoms with van der Waals surface area (Å²) in [6.45, 7) is 2.16. The first-order valence-electron chi connectivity index (χ1n) is 9.59. The molecule has 3 rings (SSSR count). The molecule has 0 unspecified atom stereocenters. The molecule has 7 heteroatoms. The molecule has 0 aliphatic heterocycles. The second-order valence-corrected chi connectivity index (χ2v) is 7.45. The van der Waals surface area contributed by atoms with E-state index in [1.807, 2.05) is 19.1 Å². The molecule has 2 amide bonds. The fraction of sp³-hybridized carbons (Fsp3) is 0.364. The molecule has 1 N–H and O–H groups in total. The minimum atomic E-state index is -0.139. The highest BCUT2D eigenvalue weighted by Crippen LogP contribution is 2.29. The van der Waals surface area contributed by atoms with Gasteiger partial charge in [0.25, 0.3) is 5.91 Å². The highest BCUT2D eigenvalue weighted by atomic mass is 35.5. The highest BCUT2D eigenvalue weighted by Gasteiger charge is 2.32. The zero-order valence-corrected chi connectivity index (χ0v) is 17.4. The number of ether oxygens (including phenoxy) is 2. The monoisotopic (exact) mass is 416 g/mol. The van der Waals surface area contributed by atoms with Crippen molar-refractivity contribution in [2.75, 3.05) is 25.6 Å². The van der Waals surface area contributed by atoms with Gasteiger partial charge in [-0.15, -0.1) is 0 Å². The average molecular weight is 417 g/mol. The highest BCUT2D eigenvalue weighted by molar-refractivity contribution is 6.30. The molecule has 0 bridgehead atoms. The van der Waals surface area contributed by atoms with Crippen molar-refractivity contribution in [3.63, 3.8) is 0 Å². The van der Waals surface area contributed by atoms with Crippen LogP contribution in [0, 0.1) is 6.92 Å². The molecular weight excluding hydrogens is 392 g/mol. The lowest BCUT2D eigenvalue weighted by atomic mass is 10.2. The smallest absolute Gasteiger partial charge is 0.260 e. The number of hydrogen-bond acceptors (Lipinski definition) is 4. The lowest BCUT2D eigenvalue weighted by Crippen LogP contribution is -2.38. The average Bonchev–Trinajstić information content (AvgIpc) is 3.54. The third-order valence-corrected chi connectivity index (χ3v) is 5.01. The second kappa shape index (κ2) is 9.65. The Bertz CT molecular complexity index is 883. The van der Waals surface area contributed by atoms with Crippen molar-refractivity contribution in [2.45, 2.75) is 32.2 Å². The van der Waals surface area contributed by atoms with Gasteiger partial charge >= 0.3 is 0 Å². The summed E-state index contributed by atoms with van der Waals surface area (Å²) in [5, 5.41) is 3.51. The first-order valence-corrected chi connectivity index (χ1v) is 9.97. The van der Waals surface area contributed by atoms with E-state index >= 15 is 0 Å². The molecule has 2 aromatic carbocycles. The molecule has 1 aliphatic rings. The molecule has 1 fully saturated rings. The lowest BCUT2D eigenvalue weighted by Gasteiger charge is -2.22. The van der Waals surface area contributed by atoms with E-state index in [0.29, 0.717) is 23.1 Å². The van der Waals surface area contributed by atoms with Gasteiger partial charge < -0.3 is 19.7 Å². The number of carbonyl (C=O) groups excluding carboxylic acids is 2. The van der Waals surface area contributed by atoms with Crippen LogP contribution in [-0.4, -0.2) is 43.0 Å². The van der Waals surface area contributed by atoms with Gasteiger partial charge in [0.15, 0.2) is 18.1 Å². The van der Waals surface area contributed by atoms with Gasteiger partial charge in [0.1, 0.15) is 0 Å². The summed E-state index contributed by atoms with van der Waals surface area (Å²) in [5.41, 5.74) is 1.62. The molecule has 154 valence electrons. The van der Waals surface area contributed by atoms with E-state index in [4.69, 9.17) is 21.1 Å². The molecule has 0 spiro atoms. The van der Waals surface area contributed by atoms with Crippen LogP contribution < -0.4 is 14.8 Å². The zero-order chi connectivity index (χ0) is 20.8. The van der Waals surface area contributed by atoms with Crippen molar-refractivity contribution in [1.29, 1.82) is 0 Å². The van der Waals surface area contributed by atoms with E-state index in [1.54, 1.807) is 42.3 Å². The van der Waals surface area contributed by atoms with E-state index in [2.05, 4.69) is 5.32 Å². The van der Waals surface area contributed by atoms with Gasteiger partial charge in [-0.1, -0.05) is 23.7 Å². The Balaban J connectivity index is 1.53. The molecular formula is C22H25ClN2O4. The minimum Gasteiger partial charge on any atom is -0.493 e. The van der Waals surface area contributed by atoms with Crippen LogP contribution in [0.3, 0.4) is 0 Å². The molecule has 1 saturated carbocycles. The number of nitrogens with zero attached hydrogens (tertiary/aromatic N) is 1. The molecule has 0 saturated heterocycles. The molecule has 0 radical (unpaired) electrons. The Labute approximate surface area is 175 Å². The first-order chi connectivity index (χ1) is 14.0. The standard InChI is InChI=1S/C22H25ClN2O4/c1-15-13-16(23)7-10-18(15)24-21(26)11-12-25(17-8-9-17)22(27)14-29-20-6-4-3-5-19(20)28-2/h3-7,10,13,17H,8-9,11-12,14H2,1-2H3,(H,24,26). The molecule has 6 nitrogen and oxygen atoms in total. The minimum absolute atomic E-state index is 0.0885. The maximum atomic E-state index is 12.7. The number of halogens is 1. The normalized spacial score (nSPS) is 12.9. The van der Waals surface area contributed by atoms with E-state index in [9.17, 15) is 9.59 Å². The first kappa shape index (κ1) is 21.0. The number of aryl methyl sites for hydroxylation is 1. The summed E-state index contributed by atoms with van der Waals surface area (Å²) in [5.74, 6) is 0.833. The number of amides is 2. The third kappa shape index (κ3) is 5.87. The van der Waals surface area contributed by atoms with Crippen molar-refractivity contribution >= 4 is 29.1 Å². The quantitative estimate of drug-likeness (QED) is 0.669. The van der Waals surface area contributed by atoms with Crippen molar-refractivity contribution in [3.05, 3.63) is 53.1 Å². The van der Waals surface area contributed by atoms with Gasteiger partial charge in [0.2, 0.25) is 5.91 Å². The van der Waals surface area contributed by atoms with E-state index < -0.39 is 0 Å². The zero-order valence-electron chi connectivity index (χ0n) is 16.6. The summed E-state index contributed by atoms with van der Waals surface area (Å²) in [6, 6.07) is 12.7. The predicted octanol–water partition coefficient (Wildman–Crippen LogP) is 4.06. The Morgan fingerprint density at radius 1 is 1.17 bits per heavy atom. The van der Waals surface area contributed by atoms with Gasteiger partial charge in [0, 0.05) is 29.7 Å². The Hall–Kier alpha value is -2.73. The van der Waals surface area contributed by atoms with Crippen molar-refractivity contribution in [1.82, 2.24) is 4.90 Å². The molecule has 29 heavy (non-hydrogen) atoms. The van der Waals surface area contributed by atoms with Crippen molar-refractivity contribution < 1.29 is 19.1 Å². The van der Waals surface area contributed by atoms with Gasteiger partial charge in [-0.3, -0.25) is 9.59 Å². The summed E-state index contributed by atoms with van der Waals surface area (Å²) < 4.78 is 10.9. The number of hydrogen-bond donors (Lipinski definition) is 1. The third-order valence-electron chi connectivity index (χ3n) is 4.77. The molecule has 2 aromatic rings. The fourth-order valence-corrected chi connectivity index (χ4v) is 3.29. The number of methoxy groups -OCH3 is 1. The summed E-state index contributed by atoms with van der Waals surface area (Å²) >= 11 is 5.95. The number of anilines is 1. The van der Waals surface area contributed by atoms with Gasteiger partial charge in [-0.05, 0) is 55.7 Å². The van der Waals surface area contributed by atoms with Crippen LogP contribution in [-0.2, 0) is 9.59 Å². The van der Waals surface area contributed by atoms with Crippen molar-refractivity contribution in [3.8, 4) is 11.5 Å².